The first-order valence-corrected chi connectivity index (χ1v) is 10.9. The molecular formula is C24H25N5O6. The molecule has 182 valence electrons. The Bertz CT molecular complexity index is 1380. The zero-order valence-corrected chi connectivity index (χ0v) is 19.5. The number of carbonyl (C=O) groups excluding carboxylic acids is 3. The normalized spacial score (nSPS) is 12.8. The van der Waals surface area contributed by atoms with Gasteiger partial charge in [-0.2, -0.15) is 0 Å². The molecule has 0 radical (unpaired) electrons. The monoisotopic (exact) mass is 479 g/mol. The number of carbonyl (C=O) groups is 3. The van der Waals surface area contributed by atoms with Gasteiger partial charge in [0, 0.05) is 13.1 Å². The average Bonchev–Trinajstić information content (AvgIpc) is 2.79. The van der Waals surface area contributed by atoms with E-state index in [0.717, 1.165) is 5.56 Å². The van der Waals surface area contributed by atoms with E-state index in [-0.39, 0.29) is 36.8 Å². The number of nitrogens with zero attached hydrogens (tertiary/aromatic N) is 1. The highest BCUT2D eigenvalue weighted by Gasteiger charge is 2.18. The first-order chi connectivity index (χ1) is 16.6. The van der Waals surface area contributed by atoms with Crippen molar-refractivity contribution >= 4 is 34.5 Å². The van der Waals surface area contributed by atoms with Crippen LogP contribution in [0.15, 0.2) is 41.2 Å². The van der Waals surface area contributed by atoms with Crippen LogP contribution >= 0.6 is 0 Å². The Hall–Kier alpha value is -4.41. The molecule has 3 amide bonds. The Morgan fingerprint density at radius 2 is 1.77 bits per heavy atom. The molecule has 3 aromatic rings. The van der Waals surface area contributed by atoms with Crippen LogP contribution in [-0.2, 0) is 22.6 Å². The summed E-state index contributed by atoms with van der Waals surface area (Å²) in [7, 11) is 0. The fraction of sp³-hybridized carbons (Fsp3) is 0.292. The lowest BCUT2D eigenvalue weighted by molar-refractivity contribution is -0.118. The van der Waals surface area contributed by atoms with Gasteiger partial charge in [0.05, 0.1) is 16.6 Å². The summed E-state index contributed by atoms with van der Waals surface area (Å²) < 4.78 is 10.5. The first kappa shape index (κ1) is 23.7. The number of benzene rings is 2. The molecule has 4 rings (SSSR count). The summed E-state index contributed by atoms with van der Waals surface area (Å²) in [6.45, 7) is 5.58. The predicted molar refractivity (Wildman–Crippen MR) is 127 cm³/mol. The van der Waals surface area contributed by atoms with Crippen molar-refractivity contribution in [2.24, 2.45) is 0 Å². The van der Waals surface area contributed by atoms with Gasteiger partial charge >= 0.3 is 6.09 Å². The van der Waals surface area contributed by atoms with E-state index in [1.807, 2.05) is 0 Å². The van der Waals surface area contributed by atoms with E-state index in [4.69, 9.17) is 9.47 Å². The molecule has 0 spiro atoms. The van der Waals surface area contributed by atoms with Crippen LogP contribution < -0.4 is 26.2 Å². The van der Waals surface area contributed by atoms with Crippen LogP contribution in [0.25, 0.3) is 10.9 Å². The lowest BCUT2D eigenvalue weighted by Gasteiger charge is -2.19. The van der Waals surface area contributed by atoms with Crippen LogP contribution in [0.1, 0.15) is 42.5 Å². The summed E-state index contributed by atoms with van der Waals surface area (Å²) in [6.07, 6.45) is -0.564. The van der Waals surface area contributed by atoms with E-state index in [1.54, 1.807) is 57.2 Å². The van der Waals surface area contributed by atoms with Gasteiger partial charge < -0.3 is 30.4 Å². The van der Waals surface area contributed by atoms with E-state index < -0.39 is 23.2 Å². The molecule has 0 fully saturated rings. The number of amides is 3. The summed E-state index contributed by atoms with van der Waals surface area (Å²) in [5.74, 6) is -0.379. The Morgan fingerprint density at radius 3 is 2.54 bits per heavy atom. The van der Waals surface area contributed by atoms with Crippen LogP contribution in [0, 0.1) is 0 Å². The van der Waals surface area contributed by atoms with Crippen LogP contribution in [0.5, 0.6) is 5.75 Å². The molecule has 1 aromatic heterocycles. The second-order valence-corrected chi connectivity index (χ2v) is 8.97. The van der Waals surface area contributed by atoms with Gasteiger partial charge in [0.2, 0.25) is 0 Å². The van der Waals surface area contributed by atoms with Gasteiger partial charge in [-0.15, -0.1) is 0 Å². The maximum Gasteiger partial charge on any atom is 0.407 e. The molecule has 0 atom stereocenters. The van der Waals surface area contributed by atoms with Crippen LogP contribution in [0.2, 0.25) is 0 Å². The molecule has 1 aliphatic heterocycles. The van der Waals surface area contributed by atoms with Crippen molar-refractivity contribution in [3.63, 3.8) is 0 Å². The van der Waals surface area contributed by atoms with E-state index in [0.29, 0.717) is 22.5 Å². The van der Waals surface area contributed by atoms with Gasteiger partial charge in [-0.05, 0) is 56.2 Å². The Morgan fingerprint density at radius 1 is 1.06 bits per heavy atom. The highest BCUT2D eigenvalue weighted by atomic mass is 16.6. The standard InChI is InChI=1S/C24H25N5O6/c1-24(2,3)35-23(33)26-11-13-4-6-16-15(8-13)21(31)29-20(28-16)22(32)25-10-14-5-7-18-17(9-14)27-19(30)12-34-18/h4-9H,10-12H2,1-3H3,(H,25,32)(H,26,33)(H,27,30)(H,28,29,31). The summed E-state index contributed by atoms with van der Waals surface area (Å²) in [5.41, 5.74) is 1.18. The Labute approximate surface area is 200 Å². The summed E-state index contributed by atoms with van der Waals surface area (Å²) >= 11 is 0. The molecule has 0 unspecified atom stereocenters. The minimum Gasteiger partial charge on any atom is -0.482 e. The summed E-state index contributed by atoms with van der Waals surface area (Å²) in [4.78, 5) is 55.3. The van der Waals surface area contributed by atoms with Gasteiger partial charge in [-0.3, -0.25) is 14.4 Å². The van der Waals surface area contributed by atoms with Gasteiger partial charge in [-0.25, -0.2) is 9.78 Å². The number of H-pyrrole nitrogens is 1. The second-order valence-electron chi connectivity index (χ2n) is 8.97. The lowest BCUT2D eigenvalue weighted by atomic mass is 10.1. The predicted octanol–water partition coefficient (Wildman–Crippen LogP) is 2.21. The third-order valence-electron chi connectivity index (χ3n) is 4.95. The van der Waals surface area contributed by atoms with Crippen LogP contribution in [-0.4, -0.2) is 40.1 Å². The van der Waals surface area contributed by atoms with Gasteiger partial charge in [-0.1, -0.05) is 12.1 Å². The molecule has 11 nitrogen and oxygen atoms in total. The number of aromatic nitrogens is 2. The highest BCUT2D eigenvalue weighted by Crippen LogP contribution is 2.28. The molecule has 1 aliphatic rings. The molecule has 4 N–H and O–H groups in total. The van der Waals surface area contributed by atoms with Gasteiger partial charge in [0.25, 0.3) is 17.4 Å². The summed E-state index contributed by atoms with van der Waals surface area (Å²) in [5, 5.41) is 8.33. The van der Waals surface area contributed by atoms with Gasteiger partial charge in [0.1, 0.15) is 11.4 Å². The molecule has 2 heterocycles. The minimum absolute atomic E-state index is 0.0359. The molecule has 0 saturated heterocycles. The van der Waals surface area contributed by atoms with Gasteiger partial charge in [0.15, 0.2) is 12.4 Å². The maximum absolute atomic E-state index is 12.6. The van der Waals surface area contributed by atoms with Crippen molar-refractivity contribution in [2.45, 2.75) is 39.5 Å². The van der Waals surface area contributed by atoms with Crippen molar-refractivity contribution in [3.8, 4) is 5.75 Å². The SMILES string of the molecule is CC(C)(C)OC(=O)NCc1ccc2nc(C(=O)NCc3ccc4c(c3)NC(=O)CO4)[nH]c(=O)c2c1. The van der Waals surface area contributed by atoms with E-state index >= 15 is 0 Å². The average molecular weight is 479 g/mol. The lowest BCUT2D eigenvalue weighted by Crippen LogP contribution is -2.32. The fourth-order valence-corrected chi connectivity index (χ4v) is 3.40. The number of hydrogen-bond donors (Lipinski definition) is 4. The highest BCUT2D eigenvalue weighted by molar-refractivity contribution is 5.95. The number of hydrogen-bond acceptors (Lipinski definition) is 7. The zero-order valence-electron chi connectivity index (χ0n) is 19.5. The smallest absolute Gasteiger partial charge is 0.407 e. The number of ether oxygens (including phenoxy) is 2. The molecule has 11 heteroatoms. The van der Waals surface area contributed by atoms with Crippen molar-refractivity contribution in [3.05, 3.63) is 63.7 Å². The third kappa shape index (κ3) is 5.94. The van der Waals surface area contributed by atoms with E-state index in [1.165, 1.54) is 0 Å². The minimum atomic E-state index is -0.615. The number of aromatic amines is 1. The van der Waals surface area contributed by atoms with Crippen molar-refractivity contribution in [1.82, 2.24) is 20.6 Å². The van der Waals surface area contributed by atoms with Crippen LogP contribution in [0.4, 0.5) is 10.5 Å². The topological polar surface area (TPSA) is 152 Å². The summed E-state index contributed by atoms with van der Waals surface area (Å²) in [6, 6.07) is 10.1. The zero-order chi connectivity index (χ0) is 25.2. The Balaban J connectivity index is 1.42. The fourth-order valence-electron chi connectivity index (χ4n) is 3.40. The number of nitrogens with one attached hydrogen (secondary N) is 4. The number of fused-ring (bicyclic) bond motifs is 2. The number of alkyl carbamates (subject to hydrolysis) is 1. The van der Waals surface area contributed by atoms with E-state index in [9.17, 15) is 19.2 Å². The maximum atomic E-state index is 12.6. The molecule has 0 bridgehead atoms. The first-order valence-electron chi connectivity index (χ1n) is 10.9. The van der Waals surface area contributed by atoms with Crippen LogP contribution in [0.3, 0.4) is 0 Å². The second kappa shape index (κ2) is 9.45. The van der Waals surface area contributed by atoms with E-state index in [2.05, 4.69) is 25.9 Å². The van der Waals surface area contributed by atoms with Crippen molar-refractivity contribution in [1.29, 1.82) is 0 Å². The molecular weight excluding hydrogens is 454 g/mol. The largest absolute Gasteiger partial charge is 0.482 e. The molecule has 2 aromatic carbocycles. The molecule has 0 aliphatic carbocycles. The third-order valence-corrected chi connectivity index (χ3v) is 4.95. The number of anilines is 1. The number of rotatable bonds is 5. The quantitative estimate of drug-likeness (QED) is 0.438. The van der Waals surface area contributed by atoms with Crippen molar-refractivity contribution in [2.75, 3.05) is 11.9 Å². The molecule has 0 saturated carbocycles. The van der Waals surface area contributed by atoms with Crippen molar-refractivity contribution < 1.29 is 23.9 Å². The molecule has 35 heavy (non-hydrogen) atoms. The Kier molecular flexibility index (Phi) is 6.41.